The van der Waals surface area contributed by atoms with Gasteiger partial charge in [0.05, 0.1) is 0 Å². The van der Waals surface area contributed by atoms with Gasteiger partial charge in [0.1, 0.15) is 0 Å². The van der Waals surface area contributed by atoms with Gasteiger partial charge in [0.25, 0.3) is 0 Å². The molecule has 1 saturated heterocycles. The predicted octanol–water partition coefficient (Wildman–Crippen LogP) is 4.45. The van der Waals surface area contributed by atoms with E-state index in [1.165, 1.54) is 71.0 Å². The molecule has 1 aliphatic carbocycles. The van der Waals surface area contributed by atoms with E-state index in [9.17, 15) is 0 Å². The average Bonchev–Trinajstić information content (AvgIpc) is 2.65. The number of hydrogen-bond acceptors (Lipinski definition) is 2. The van der Waals surface area contributed by atoms with Gasteiger partial charge in [-0.05, 0) is 69.9 Å². The molecule has 0 bridgehead atoms. The second-order valence-electron chi connectivity index (χ2n) is 8.70. The molecule has 1 saturated carbocycles. The summed E-state index contributed by atoms with van der Waals surface area (Å²) in [6.07, 6.45) is 11.3. The highest BCUT2D eigenvalue weighted by Gasteiger charge is 2.28. The number of likely N-dealkylation sites (tertiary alicyclic amines) is 1. The second-order valence-corrected chi connectivity index (χ2v) is 8.70. The molecular weight excluding hydrogens is 256 g/mol. The maximum Gasteiger partial charge on any atom is 0.0169 e. The Morgan fingerprint density at radius 1 is 0.952 bits per heavy atom. The molecule has 3 unspecified atom stereocenters. The maximum absolute atomic E-state index is 3.94. The first-order chi connectivity index (χ1) is 9.95. The van der Waals surface area contributed by atoms with Gasteiger partial charge in [0.2, 0.25) is 0 Å². The smallest absolute Gasteiger partial charge is 0.0169 e. The topological polar surface area (TPSA) is 15.3 Å². The Kier molecular flexibility index (Phi) is 6.55. The molecule has 0 aromatic heterocycles. The highest BCUT2D eigenvalue weighted by atomic mass is 15.2. The number of piperidine rings is 1. The Morgan fingerprint density at radius 2 is 1.67 bits per heavy atom. The van der Waals surface area contributed by atoms with Crippen molar-refractivity contribution in [2.75, 3.05) is 19.6 Å². The lowest BCUT2D eigenvalue weighted by atomic mass is 9.76. The molecule has 2 rings (SSSR count). The highest BCUT2D eigenvalue weighted by molar-refractivity contribution is 4.83. The van der Waals surface area contributed by atoms with Crippen molar-refractivity contribution in [2.45, 2.75) is 91.1 Å². The zero-order valence-electron chi connectivity index (χ0n) is 15.0. The van der Waals surface area contributed by atoms with Crippen molar-refractivity contribution < 1.29 is 0 Å². The summed E-state index contributed by atoms with van der Waals surface area (Å²) in [4.78, 5) is 2.66. The van der Waals surface area contributed by atoms with Crippen LogP contribution in [0.15, 0.2) is 0 Å². The fraction of sp³-hybridized carbons (Fsp3) is 1.00. The molecule has 2 aliphatic rings. The summed E-state index contributed by atoms with van der Waals surface area (Å²) in [5.74, 6) is 0.918. The molecule has 124 valence electrons. The standard InChI is InChI=1S/C19H38N2/c1-16(15-21-13-6-5-7-14-21)20-18-10-8-9-17(11-12-18)19(2,3)4/h16-18,20H,5-15H2,1-4H3. The Bertz CT molecular complexity index is 288. The molecule has 1 aliphatic heterocycles. The summed E-state index contributed by atoms with van der Waals surface area (Å²) >= 11 is 0. The number of nitrogens with zero attached hydrogens (tertiary/aromatic N) is 1. The molecule has 0 radical (unpaired) electrons. The lowest BCUT2D eigenvalue weighted by Crippen LogP contribution is -2.45. The van der Waals surface area contributed by atoms with Crippen LogP contribution in [0.1, 0.15) is 79.1 Å². The Morgan fingerprint density at radius 3 is 2.33 bits per heavy atom. The molecule has 21 heavy (non-hydrogen) atoms. The third-order valence-corrected chi connectivity index (χ3v) is 5.69. The van der Waals surface area contributed by atoms with Crippen molar-refractivity contribution in [3.8, 4) is 0 Å². The average molecular weight is 295 g/mol. The second kappa shape index (κ2) is 7.97. The molecule has 0 spiro atoms. The van der Waals surface area contributed by atoms with Crippen LogP contribution in [0.2, 0.25) is 0 Å². The van der Waals surface area contributed by atoms with E-state index in [1.54, 1.807) is 0 Å². The third kappa shape index (κ3) is 5.90. The van der Waals surface area contributed by atoms with E-state index in [-0.39, 0.29) is 0 Å². The number of rotatable bonds is 4. The molecule has 0 aromatic carbocycles. The molecular formula is C19H38N2. The largest absolute Gasteiger partial charge is 0.310 e. The van der Waals surface area contributed by atoms with Crippen molar-refractivity contribution in [3.63, 3.8) is 0 Å². The van der Waals surface area contributed by atoms with Gasteiger partial charge >= 0.3 is 0 Å². The van der Waals surface area contributed by atoms with E-state index >= 15 is 0 Å². The van der Waals surface area contributed by atoms with Crippen LogP contribution in [0.4, 0.5) is 0 Å². The minimum absolute atomic E-state index is 0.494. The molecule has 2 nitrogen and oxygen atoms in total. The summed E-state index contributed by atoms with van der Waals surface area (Å²) in [6.45, 7) is 13.5. The summed E-state index contributed by atoms with van der Waals surface area (Å²) in [7, 11) is 0. The van der Waals surface area contributed by atoms with Crippen molar-refractivity contribution in [1.82, 2.24) is 10.2 Å². The molecule has 1 N–H and O–H groups in total. The van der Waals surface area contributed by atoms with Crippen LogP contribution in [-0.2, 0) is 0 Å². The van der Waals surface area contributed by atoms with Crippen molar-refractivity contribution >= 4 is 0 Å². The van der Waals surface area contributed by atoms with Crippen molar-refractivity contribution in [3.05, 3.63) is 0 Å². The quantitative estimate of drug-likeness (QED) is 0.771. The lowest BCUT2D eigenvalue weighted by Gasteiger charge is -2.32. The zero-order chi connectivity index (χ0) is 15.3. The van der Waals surface area contributed by atoms with Crippen molar-refractivity contribution in [1.29, 1.82) is 0 Å². The van der Waals surface area contributed by atoms with E-state index < -0.39 is 0 Å². The number of hydrogen-bond donors (Lipinski definition) is 1. The minimum Gasteiger partial charge on any atom is -0.310 e. The zero-order valence-corrected chi connectivity index (χ0v) is 15.0. The first-order valence-corrected chi connectivity index (χ1v) is 9.43. The van der Waals surface area contributed by atoms with Crippen LogP contribution in [0.3, 0.4) is 0 Å². The summed E-state index contributed by atoms with van der Waals surface area (Å²) in [5, 5.41) is 3.94. The molecule has 2 heteroatoms. The van der Waals surface area contributed by atoms with Crippen LogP contribution in [0.5, 0.6) is 0 Å². The van der Waals surface area contributed by atoms with Crippen LogP contribution < -0.4 is 5.32 Å². The van der Waals surface area contributed by atoms with Crippen LogP contribution >= 0.6 is 0 Å². The van der Waals surface area contributed by atoms with E-state index in [0.29, 0.717) is 11.5 Å². The Balaban J connectivity index is 1.72. The summed E-state index contributed by atoms with van der Waals surface area (Å²) in [6, 6.07) is 1.41. The monoisotopic (exact) mass is 294 g/mol. The van der Waals surface area contributed by atoms with Gasteiger partial charge in [-0.15, -0.1) is 0 Å². The fourth-order valence-corrected chi connectivity index (χ4v) is 4.32. The lowest BCUT2D eigenvalue weighted by molar-refractivity contribution is 0.199. The Labute approximate surface area is 133 Å². The predicted molar refractivity (Wildman–Crippen MR) is 92.7 cm³/mol. The normalized spacial score (nSPS) is 30.9. The first-order valence-electron chi connectivity index (χ1n) is 9.43. The fourth-order valence-electron chi connectivity index (χ4n) is 4.32. The van der Waals surface area contributed by atoms with Crippen LogP contribution in [-0.4, -0.2) is 36.6 Å². The van der Waals surface area contributed by atoms with E-state index in [1.807, 2.05) is 0 Å². The highest BCUT2D eigenvalue weighted by Crippen LogP contribution is 2.36. The van der Waals surface area contributed by atoms with Crippen LogP contribution in [0.25, 0.3) is 0 Å². The minimum atomic E-state index is 0.494. The van der Waals surface area contributed by atoms with Gasteiger partial charge in [-0.1, -0.05) is 33.6 Å². The first kappa shape index (κ1) is 17.3. The summed E-state index contributed by atoms with van der Waals surface area (Å²) < 4.78 is 0. The molecule has 2 fully saturated rings. The molecule has 3 atom stereocenters. The van der Waals surface area contributed by atoms with Crippen LogP contribution in [0, 0.1) is 11.3 Å². The van der Waals surface area contributed by atoms with Gasteiger partial charge in [0.15, 0.2) is 0 Å². The SMILES string of the molecule is CC(CN1CCCCC1)NC1CCCC(C(C)(C)C)CC1. The van der Waals surface area contributed by atoms with Gasteiger partial charge in [0, 0.05) is 18.6 Å². The van der Waals surface area contributed by atoms with Gasteiger partial charge in [-0.2, -0.15) is 0 Å². The molecule has 1 heterocycles. The molecule has 0 aromatic rings. The van der Waals surface area contributed by atoms with Gasteiger partial charge in [-0.25, -0.2) is 0 Å². The van der Waals surface area contributed by atoms with Gasteiger partial charge in [-0.3, -0.25) is 0 Å². The summed E-state index contributed by atoms with van der Waals surface area (Å²) in [5.41, 5.74) is 0.494. The molecule has 0 amide bonds. The third-order valence-electron chi connectivity index (χ3n) is 5.69. The maximum atomic E-state index is 3.94. The van der Waals surface area contributed by atoms with Gasteiger partial charge < -0.3 is 10.2 Å². The number of nitrogens with one attached hydrogen (secondary N) is 1. The Hall–Kier alpha value is -0.0800. The van der Waals surface area contributed by atoms with E-state index in [2.05, 4.69) is 37.9 Å². The van der Waals surface area contributed by atoms with Crippen molar-refractivity contribution in [2.24, 2.45) is 11.3 Å². The van der Waals surface area contributed by atoms with E-state index in [0.717, 1.165) is 12.0 Å². The van der Waals surface area contributed by atoms with E-state index in [4.69, 9.17) is 0 Å².